The van der Waals surface area contributed by atoms with E-state index in [2.05, 4.69) is 36.1 Å². The van der Waals surface area contributed by atoms with Gasteiger partial charge in [-0.05, 0) is 55.1 Å². The van der Waals surface area contributed by atoms with Crippen LogP contribution in [-0.2, 0) is 0 Å². The molecule has 5 heteroatoms. The molecule has 3 fully saturated rings. The Labute approximate surface area is 141 Å². The summed E-state index contributed by atoms with van der Waals surface area (Å²) in [5.41, 5.74) is 1.76. The molecule has 24 heavy (non-hydrogen) atoms. The summed E-state index contributed by atoms with van der Waals surface area (Å²) in [7, 11) is 0. The minimum Gasteiger partial charge on any atom is -0.348 e. The lowest BCUT2D eigenvalue weighted by Gasteiger charge is -2.62. The first-order valence-corrected chi connectivity index (χ1v) is 8.74. The van der Waals surface area contributed by atoms with Crippen molar-refractivity contribution in [1.82, 2.24) is 15.3 Å². The molecule has 4 atom stereocenters. The summed E-state index contributed by atoms with van der Waals surface area (Å²) < 4.78 is 13.6. The topological polar surface area (TPSA) is 57.8 Å². The van der Waals surface area contributed by atoms with Gasteiger partial charge in [0, 0.05) is 17.0 Å². The molecular weight excluding hydrogens is 305 g/mol. The van der Waals surface area contributed by atoms with Gasteiger partial charge in [0.2, 0.25) is 5.95 Å². The maximum Gasteiger partial charge on any atom is 0.267 e. The summed E-state index contributed by atoms with van der Waals surface area (Å²) >= 11 is 0. The van der Waals surface area contributed by atoms with E-state index in [0.717, 1.165) is 11.8 Å². The average molecular weight is 329 g/mol. The lowest BCUT2D eigenvalue weighted by atomic mass is 9.45. The van der Waals surface area contributed by atoms with E-state index in [-0.39, 0.29) is 11.9 Å². The summed E-state index contributed by atoms with van der Waals surface area (Å²) in [5, 5.41) is 3.95. The van der Waals surface area contributed by atoms with Gasteiger partial charge in [0.1, 0.15) is 11.3 Å². The van der Waals surface area contributed by atoms with E-state index in [9.17, 15) is 9.18 Å². The number of aromatic amines is 1. The first kappa shape index (κ1) is 15.6. The molecule has 0 radical (unpaired) electrons. The van der Waals surface area contributed by atoms with Crippen LogP contribution in [0.5, 0.6) is 0 Å². The summed E-state index contributed by atoms with van der Waals surface area (Å²) in [6.45, 7) is 8.62. The van der Waals surface area contributed by atoms with E-state index in [1.807, 2.05) is 0 Å². The molecule has 2 heterocycles. The minimum absolute atomic E-state index is 0.123. The number of hydrogen-bond acceptors (Lipinski definition) is 2. The molecule has 128 valence electrons. The SMILES string of the molecule is Cc1cc2cc(C(=O)N[C@H]3C[C@H]4C[C@@H]([C@@H]3C)C4(C)C)[nH]c2nc1F. The van der Waals surface area contributed by atoms with Gasteiger partial charge in [-0.15, -0.1) is 0 Å². The van der Waals surface area contributed by atoms with Crippen LogP contribution in [0.3, 0.4) is 0 Å². The van der Waals surface area contributed by atoms with Crippen LogP contribution < -0.4 is 5.32 Å². The molecule has 5 rings (SSSR count). The Hall–Kier alpha value is -1.91. The maximum absolute atomic E-state index is 13.6. The number of carbonyl (C=O) groups is 1. The highest BCUT2D eigenvalue weighted by molar-refractivity contribution is 5.97. The molecule has 0 unspecified atom stereocenters. The normalized spacial score (nSPS) is 30.9. The summed E-state index contributed by atoms with van der Waals surface area (Å²) in [5.74, 6) is 1.24. The van der Waals surface area contributed by atoms with Crippen molar-refractivity contribution in [3.05, 3.63) is 29.3 Å². The molecule has 2 aromatic heterocycles. The molecule has 4 nitrogen and oxygen atoms in total. The van der Waals surface area contributed by atoms with Crippen LogP contribution in [0.25, 0.3) is 11.0 Å². The molecule has 3 aliphatic carbocycles. The zero-order valence-corrected chi connectivity index (χ0v) is 14.6. The Morgan fingerprint density at radius 3 is 2.79 bits per heavy atom. The summed E-state index contributed by atoms with van der Waals surface area (Å²) in [4.78, 5) is 19.4. The number of nitrogens with zero attached hydrogens (tertiary/aromatic N) is 1. The van der Waals surface area contributed by atoms with Crippen molar-refractivity contribution < 1.29 is 9.18 Å². The van der Waals surface area contributed by atoms with Gasteiger partial charge in [-0.3, -0.25) is 4.79 Å². The van der Waals surface area contributed by atoms with Crippen LogP contribution >= 0.6 is 0 Å². The number of amides is 1. The van der Waals surface area contributed by atoms with Crippen LogP contribution in [0, 0.1) is 36.0 Å². The number of pyridine rings is 1. The zero-order valence-electron chi connectivity index (χ0n) is 14.6. The summed E-state index contributed by atoms with van der Waals surface area (Å²) in [6, 6.07) is 3.68. The van der Waals surface area contributed by atoms with Gasteiger partial charge in [-0.25, -0.2) is 4.98 Å². The van der Waals surface area contributed by atoms with Crippen molar-refractivity contribution in [2.24, 2.45) is 23.2 Å². The largest absolute Gasteiger partial charge is 0.348 e. The third-order valence-electron chi connectivity index (χ3n) is 6.65. The second kappa shape index (κ2) is 5.04. The molecule has 0 spiro atoms. The highest BCUT2D eigenvalue weighted by atomic mass is 19.1. The monoisotopic (exact) mass is 329 g/mol. The molecule has 2 bridgehead atoms. The fourth-order valence-electron chi connectivity index (χ4n) is 4.85. The van der Waals surface area contributed by atoms with Crippen molar-refractivity contribution in [3.8, 4) is 0 Å². The molecule has 3 saturated carbocycles. The number of H-pyrrole nitrogens is 1. The van der Waals surface area contributed by atoms with Gasteiger partial charge < -0.3 is 10.3 Å². The van der Waals surface area contributed by atoms with Gasteiger partial charge in [0.25, 0.3) is 5.91 Å². The number of hydrogen-bond donors (Lipinski definition) is 2. The fraction of sp³-hybridized carbons (Fsp3) is 0.579. The predicted octanol–water partition coefficient (Wildman–Crippen LogP) is 3.81. The van der Waals surface area contributed by atoms with Gasteiger partial charge in [0.15, 0.2) is 0 Å². The van der Waals surface area contributed by atoms with E-state index in [1.165, 1.54) is 6.42 Å². The second-order valence-corrected chi connectivity index (χ2v) is 8.25. The molecule has 0 aromatic carbocycles. The lowest BCUT2D eigenvalue weighted by Crippen LogP contribution is -2.60. The third kappa shape index (κ3) is 2.17. The van der Waals surface area contributed by atoms with Crippen molar-refractivity contribution >= 4 is 16.9 Å². The Kier molecular flexibility index (Phi) is 3.28. The van der Waals surface area contributed by atoms with Crippen molar-refractivity contribution in [2.75, 3.05) is 0 Å². The van der Waals surface area contributed by atoms with E-state index in [4.69, 9.17) is 0 Å². The van der Waals surface area contributed by atoms with Crippen molar-refractivity contribution in [1.29, 1.82) is 0 Å². The summed E-state index contributed by atoms with van der Waals surface area (Å²) in [6.07, 6.45) is 2.33. The molecule has 0 aliphatic heterocycles. The molecule has 2 N–H and O–H groups in total. The second-order valence-electron chi connectivity index (χ2n) is 8.25. The van der Waals surface area contributed by atoms with Crippen molar-refractivity contribution in [3.63, 3.8) is 0 Å². The van der Waals surface area contributed by atoms with E-state index in [0.29, 0.717) is 40.1 Å². The highest BCUT2D eigenvalue weighted by Crippen LogP contribution is 2.61. The minimum atomic E-state index is -0.500. The Morgan fingerprint density at radius 1 is 1.38 bits per heavy atom. The quantitative estimate of drug-likeness (QED) is 0.823. The van der Waals surface area contributed by atoms with Gasteiger partial charge in [-0.1, -0.05) is 20.8 Å². The smallest absolute Gasteiger partial charge is 0.267 e. The van der Waals surface area contributed by atoms with Crippen molar-refractivity contribution in [2.45, 2.75) is 46.6 Å². The highest BCUT2D eigenvalue weighted by Gasteiger charge is 2.56. The standard InChI is InChI=1S/C19H24FN3O/c1-9-5-11-6-15(21-17(11)23-16(9)20)18(24)22-14-8-12-7-13(10(14)2)19(12,3)4/h5-6,10,12-14H,7-8H2,1-4H3,(H,21,23)(H,22,24)/t10-,12+,13-,14-/m0/s1. The van der Waals surface area contributed by atoms with Crippen LogP contribution in [0.15, 0.2) is 12.1 Å². The fourth-order valence-corrected chi connectivity index (χ4v) is 4.85. The molecule has 0 saturated heterocycles. The Morgan fingerprint density at radius 2 is 2.12 bits per heavy atom. The third-order valence-corrected chi connectivity index (χ3v) is 6.65. The Balaban J connectivity index is 1.53. The number of aryl methyl sites for hydroxylation is 1. The first-order chi connectivity index (χ1) is 11.3. The number of nitrogens with one attached hydrogen (secondary N) is 2. The predicted molar refractivity (Wildman–Crippen MR) is 91.2 cm³/mol. The molecule has 1 amide bonds. The number of halogens is 1. The van der Waals surface area contributed by atoms with E-state index >= 15 is 0 Å². The number of carbonyl (C=O) groups excluding carboxylic acids is 1. The van der Waals surface area contributed by atoms with Gasteiger partial charge in [0.05, 0.1) is 0 Å². The van der Waals surface area contributed by atoms with Crippen LogP contribution in [0.2, 0.25) is 0 Å². The Bertz CT molecular complexity index is 786. The van der Waals surface area contributed by atoms with E-state index < -0.39 is 5.95 Å². The first-order valence-electron chi connectivity index (χ1n) is 8.74. The molecular formula is C19H24FN3O. The number of fused-ring (bicyclic) bond motifs is 3. The lowest BCUT2D eigenvalue weighted by molar-refractivity contribution is -0.113. The molecule has 2 aromatic rings. The van der Waals surface area contributed by atoms with Gasteiger partial charge >= 0.3 is 0 Å². The average Bonchev–Trinajstić information content (AvgIpc) is 2.92. The van der Waals surface area contributed by atoms with Crippen LogP contribution in [0.4, 0.5) is 4.39 Å². The maximum atomic E-state index is 13.6. The number of rotatable bonds is 2. The van der Waals surface area contributed by atoms with Crippen LogP contribution in [-0.4, -0.2) is 21.9 Å². The number of aromatic nitrogens is 2. The van der Waals surface area contributed by atoms with Crippen LogP contribution in [0.1, 0.15) is 49.7 Å². The van der Waals surface area contributed by atoms with Gasteiger partial charge in [-0.2, -0.15) is 4.39 Å². The molecule has 3 aliphatic rings. The zero-order chi connectivity index (χ0) is 17.2. The van der Waals surface area contributed by atoms with E-state index in [1.54, 1.807) is 19.1 Å².